The van der Waals surface area contributed by atoms with E-state index in [2.05, 4.69) is 15.8 Å². The van der Waals surface area contributed by atoms with Crippen molar-refractivity contribution in [2.75, 3.05) is 18.5 Å². The Kier molecular flexibility index (Phi) is 5.29. The summed E-state index contributed by atoms with van der Waals surface area (Å²) in [6.07, 6.45) is 2.83. The predicted octanol–water partition coefficient (Wildman–Crippen LogP) is 3.23. The highest BCUT2D eigenvalue weighted by Crippen LogP contribution is 2.25. The van der Waals surface area contributed by atoms with Gasteiger partial charge in [-0.1, -0.05) is 29.9 Å². The van der Waals surface area contributed by atoms with E-state index in [9.17, 15) is 13.2 Å². The monoisotopic (exact) mass is 416 g/mol. The molecule has 1 saturated heterocycles. The first kappa shape index (κ1) is 18.9. The van der Waals surface area contributed by atoms with Crippen molar-refractivity contribution < 1.29 is 13.2 Å². The summed E-state index contributed by atoms with van der Waals surface area (Å²) in [6.45, 7) is 1.10. The van der Waals surface area contributed by atoms with Gasteiger partial charge in [0.2, 0.25) is 15.2 Å². The normalized spacial score (nSPS) is 15.4. The molecule has 2 N–H and O–H groups in total. The van der Waals surface area contributed by atoms with Gasteiger partial charge in [0.25, 0.3) is 5.91 Å². The van der Waals surface area contributed by atoms with Gasteiger partial charge in [-0.25, -0.2) is 13.4 Å². The highest BCUT2D eigenvalue weighted by molar-refractivity contribution is 7.89. The maximum Gasteiger partial charge on any atom is 0.269 e. The van der Waals surface area contributed by atoms with Gasteiger partial charge in [-0.05, 0) is 49.2 Å². The fourth-order valence-electron chi connectivity index (χ4n) is 3.14. The van der Waals surface area contributed by atoms with E-state index in [1.54, 1.807) is 0 Å². The molecule has 1 aliphatic heterocycles. The van der Waals surface area contributed by atoms with Crippen molar-refractivity contribution in [1.29, 1.82) is 0 Å². The van der Waals surface area contributed by atoms with Gasteiger partial charge in [0.1, 0.15) is 0 Å². The number of anilines is 1. The molecule has 7 nitrogen and oxygen atoms in total. The Morgan fingerprint density at radius 1 is 1.00 bits per heavy atom. The van der Waals surface area contributed by atoms with Gasteiger partial charge in [0.15, 0.2) is 0 Å². The number of carbonyl (C=O) groups excluding carboxylic acids is 1. The zero-order valence-electron chi connectivity index (χ0n) is 15.1. The number of hydrogen-bond acceptors (Lipinski definition) is 6. The third-order valence-electron chi connectivity index (χ3n) is 4.65. The number of aromatic nitrogens is 1. The third-order valence-corrected chi connectivity index (χ3v) is 7.51. The van der Waals surface area contributed by atoms with Crippen LogP contribution < -0.4 is 10.9 Å². The molecule has 1 amide bonds. The minimum atomic E-state index is -3.50. The van der Waals surface area contributed by atoms with E-state index in [4.69, 9.17) is 0 Å². The number of hydrazine groups is 1. The van der Waals surface area contributed by atoms with Crippen LogP contribution in [0.25, 0.3) is 10.2 Å². The van der Waals surface area contributed by atoms with Gasteiger partial charge in [-0.15, -0.1) is 0 Å². The molecule has 1 aliphatic rings. The number of sulfonamides is 1. The number of para-hydroxylation sites is 1. The first-order chi connectivity index (χ1) is 13.5. The largest absolute Gasteiger partial charge is 0.273 e. The van der Waals surface area contributed by atoms with E-state index in [0.29, 0.717) is 23.8 Å². The van der Waals surface area contributed by atoms with Gasteiger partial charge < -0.3 is 0 Å². The van der Waals surface area contributed by atoms with Crippen LogP contribution in [0.3, 0.4) is 0 Å². The highest BCUT2D eigenvalue weighted by Gasteiger charge is 2.25. The second-order valence-corrected chi connectivity index (χ2v) is 9.52. The minimum absolute atomic E-state index is 0.213. The summed E-state index contributed by atoms with van der Waals surface area (Å²) in [6, 6.07) is 13.7. The van der Waals surface area contributed by atoms with Gasteiger partial charge in [0.05, 0.1) is 15.1 Å². The van der Waals surface area contributed by atoms with Crippen molar-refractivity contribution in [3.05, 3.63) is 54.1 Å². The smallest absolute Gasteiger partial charge is 0.269 e. The summed E-state index contributed by atoms with van der Waals surface area (Å²) in [5, 5.41) is 0.582. The van der Waals surface area contributed by atoms with Crippen molar-refractivity contribution in [1.82, 2.24) is 14.7 Å². The number of benzene rings is 2. The van der Waals surface area contributed by atoms with Gasteiger partial charge in [-0.2, -0.15) is 4.31 Å². The molecule has 0 atom stereocenters. The molecule has 0 radical (unpaired) electrons. The van der Waals surface area contributed by atoms with Crippen LogP contribution in [0.15, 0.2) is 53.4 Å². The number of rotatable bonds is 5. The Balaban J connectivity index is 1.42. The molecular weight excluding hydrogens is 396 g/mol. The number of amides is 1. The lowest BCUT2D eigenvalue weighted by molar-refractivity contribution is 0.0962. The molecule has 1 aromatic heterocycles. The van der Waals surface area contributed by atoms with Crippen LogP contribution in [0.1, 0.15) is 29.6 Å². The van der Waals surface area contributed by atoms with Crippen LogP contribution >= 0.6 is 11.3 Å². The summed E-state index contributed by atoms with van der Waals surface area (Å²) < 4.78 is 27.9. The van der Waals surface area contributed by atoms with Crippen molar-refractivity contribution in [3.8, 4) is 0 Å². The molecule has 0 aliphatic carbocycles. The standard InChI is InChI=1S/C19H20N4O3S2/c24-18(21-22-19-20-16-6-2-3-7-17(16)27-19)14-8-10-15(11-9-14)28(25,26)23-12-4-1-5-13-23/h2-3,6-11H,1,4-5,12-13H2,(H,20,22)(H,21,24). The number of fused-ring (bicyclic) bond motifs is 1. The second kappa shape index (κ2) is 7.86. The van der Waals surface area contributed by atoms with Crippen molar-refractivity contribution in [3.63, 3.8) is 0 Å². The first-order valence-electron chi connectivity index (χ1n) is 9.06. The summed E-state index contributed by atoms with van der Waals surface area (Å²) in [5.41, 5.74) is 6.63. The molecule has 0 saturated carbocycles. The average molecular weight is 417 g/mol. The second-order valence-electron chi connectivity index (χ2n) is 6.55. The maximum atomic E-state index is 12.7. The molecule has 1 fully saturated rings. The van der Waals surface area contributed by atoms with Gasteiger partial charge >= 0.3 is 0 Å². The van der Waals surface area contributed by atoms with E-state index in [1.807, 2.05) is 24.3 Å². The predicted molar refractivity (Wildman–Crippen MR) is 110 cm³/mol. The molecule has 0 unspecified atom stereocenters. The lowest BCUT2D eigenvalue weighted by Gasteiger charge is -2.25. The molecule has 3 aromatic rings. The molecule has 0 spiro atoms. The Morgan fingerprint density at radius 2 is 1.71 bits per heavy atom. The van der Waals surface area contributed by atoms with Crippen LogP contribution in [-0.4, -0.2) is 36.7 Å². The molecule has 2 aromatic carbocycles. The highest BCUT2D eigenvalue weighted by atomic mass is 32.2. The lowest BCUT2D eigenvalue weighted by atomic mass is 10.2. The van der Waals surface area contributed by atoms with E-state index >= 15 is 0 Å². The van der Waals surface area contributed by atoms with E-state index in [-0.39, 0.29) is 10.8 Å². The third kappa shape index (κ3) is 3.87. The number of thiazole rings is 1. The summed E-state index contributed by atoms with van der Waals surface area (Å²) in [7, 11) is -3.50. The summed E-state index contributed by atoms with van der Waals surface area (Å²) >= 11 is 1.43. The molecule has 0 bridgehead atoms. The summed E-state index contributed by atoms with van der Waals surface area (Å²) in [4.78, 5) is 16.9. The zero-order valence-corrected chi connectivity index (χ0v) is 16.7. The van der Waals surface area contributed by atoms with Crippen molar-refractivity contribution in [2.45, 2.75) is 24.2 Å². The van der Waals surface area contributed by atoms with Crippen LogP contribution in [0.2, 0.25) is 0 Å². The van der Waals surface area contributed by atoms with Crippen LogP contribution in [-0.2, 0) is 10.0 Å². The Hall–Kier alpha value is -2.49. The fraction of sp³-hybridized carbons (Fsp3) is 0.263. The Labute approximate surface area is 167 Å². The van der Waals surface area contributed by atoms with E-state index < -0.39 is 10.0 Å². The molecule has 2 heterocycles. The summed E-state index contributed by atoms with van der Waals surface area (Å²) in [5.74, 6) is -0.360. The number of nitrogens with one attached hydrogen (secondary N) is 2. The SMILES string of the molecule is O=C(NNc1nc2ccccc2s1)c1ccc(S(=O)(=O)N2CCCCC2)cc1. The number of hydrogen-bond donors (Lipinski definition) is 2. The topological polar surface area (TPSA) is 91.4 Å². The maximum absolute atomic E-state index is 12.7. The number of piperidine rings is 1. The molecule has 4 rings (SSSR count). The van der Waals surface area contributed by atoms with Crippen molar-refractivity contribution >= 4 is 42.6 Å². The van der Waals surface area contributed by atoms with E-state index in [1.165, 1.54) is 39.9 Å². The van der Waals surface area contributed by atoms with Crippen LogP contribution in [0.5, 0.6) is 0 Å². The quantitative estimate of drug-likeness (QED) is 0.623. The molecule has 28 heavy (non-hydrogen) atoms. The average Bonchev–Trinajstić information content (AvgIpc) is 3.16. The zero-order chi connectivity index (χ0) is 19.6. The van der Waals surface area contributed by atoms with Gasteiger partial charge in [-0.3, -0.25) is 15.6 Å². The van der Waals surface area contributed by atoms with E-state index in [0.717, 1.165) is 29.5 Å². The van der Waals surface area contributed by atoms with Crippen molar-refractivity contribution in [2.24, 2.45) is 0 Å². The molecule has 146 valence electrons. The van der Waals surface area contributed by atoms with Crippen LogP contribution in [0.4, 0.5) is 5.13 Å². The number of carbonyl (C=O) groups is 1. The first-order valence-corrected chi connectivity index (χ1v) is 11.3. The molecular formula is C19H20N4O3S2. The van der Waals surface area contributed by atoms with Crippen LogP contribution in [0, 0.1) is 0 Å². The molecule has 9 heteroatoms. The number of nitrogens with zero attached hydrogens (tertiary/aromatic N) is 2. The Bertz CT molecular complexity index is 1050. The Morgan fingerprint density at radius 3 is 2.43 bits per heavy atom. The minimum Gasteiger partial charge on any atom is -0.273 e. The fourth-order valence-corrected chi connectivity index (χ4v) is 5.48. The lowest BCUT2D eigenvalue weighted by Crippen LogP contribution is -2.35. The van der Waals surface area contributed by atoms with Gasteiger partial charge in [0, 0.05) is 18.7 Å².